The summed E-state index contributed by atoms with van der Waals surface area (Å²) in [7, 11) is 1.60. The Morgan fingerprint density at radius 3 is 2.42 bits per heavy atom. The van der Waals surface area contributed by atoms with E-state index < -0.39 is 23.7 Å². The van der Waals surface area contributed by atoms with Crippen LogP contribution in [-0.2, 0) is 4.74 Å². The number of carbonyl (C=O) groups is 1. The van der Waals surface area contributed by atoms with Gasteiger partial charge in [0.05, 0.1) is 25.1 Å². The van der Waals surface area contributed by atoms with E-state index >= 15 is 0 Å². The Balaban J connectivity index is 1.36. The van der Waals surface area contributed by atoms with Crippen molar-refractivity contribution in [2.45, 2.75) is 18.8 Å². The number of halogens is 2. The highest BCUT2D eigenvalue weighted by Crippen LogP contribution is 2.65. The van der Waals surface area contributed by atoms with Crippen LogP contribution < -0.4 is 4.74 Å². The molecule has 3 aromatic rings. The maximum Gasteiger partial charge on any atom is 0.358 e. The predicted octanol–water partition coefficient (Wildman–Crippen LogP) is 5.00. The minimum atomic E-state index is -2.51. The quantitative estimate of drug-likeness (QED) is 0.523. The van der Waals surface area contributed by atoms with Crippen LogP contribution in [0.3, 0.4) is 0 Å². The van der Waals surface area contributed by atoms with Crippen molar-refractivity contribution in [3.63, 3.8) is 0 Å². The molecule has 0 spiro atoms. The van der Waals surface area contributed by atoms with Crippen LogP contribution in [0.4, 0.5) is 8.78 Å². The van der Waals surface area contributed by atoms with Crippen molar-refractivity contribution in [2.75, 3.05) is 13.7 Å². The lowest BCUT2D eigenvalue weighted by molar-refractivity contribution is 0.0319. The summed E-state index contributed by atoms with van der Waals surface area (Å²) in [5.74, 6) is -3.39. The average molecular weight is 424 g/mol. The van der Waals surface area contributed by atoms with Crippen LogP contribution in [0, 0.1) is 17.8 Å². The van der Waals surface area contributed by atoms with Gasteiger partial charge in [-0.15, -0.1) is 0 Å². The molecule has 2 unspecified atom stereocenters. The number of aromatic nitrogens is 2. The molecule has 2 saturated carbocycles. The van der Waals surface area contributed by atoms with E-state index in [2.05, 4.69) is 5.10 Å². The van der Waals surface area contributed by atoms with Gasteiger partial charge in [-0.2, -0.15) is 5.10 Å². The van der Waals surface area contributed by atoms with Gasteiger partial charge in [-0.05, 0) is 61.2 Å². The third kappa shape index (κ3) is 3.58. The van der Waals surface area contributed by atoms with E-state index in [0.29, 0.717) is 12.8 Å². The normalized spacial score (nSPS) is 23.3. The Morgan fingerprint density at radius 2 is 1.77 bits per heavy atom. The summed E-state index contributed by atoms with van der Waals surface area (Å²) in [6, 6.07) is 18.7. The second-order valence-electron chi connectivity index (χ2n) is 8.21. The van der Waals surface area contributed by atoms with E-state index in [-0.39, 0.29) is 18.2 Å². The number of esters is 1. The zero-order valence-electron chi connectivity index (χ0n) is 17.0. The van der Waals surface area contributed by atoms with Crippen molar-refractivity contribution in [3.05, 3.63) is 66.4 Å². The zero-order chi connectivity index (χ0) is 21.6. The summed E-state index contributed by atoms with van der Waals surface area (Å²) < 4.78 is 39.1. The van der Waals surface area contributed by atoms with Crippen LogP contribution in [-0.4, -0.2) is 35.4 Å². The van der Waals surface area contributed by atoms with Gasteiger partial charge in [0.1, 0.15) is 5.75 Å². The molecule has 0 radical (unpaired) electrons. The van der Waals surface area contributed by atoms with Crippen molar-refractivity contribution < 1.29 is 23.0 Å². The lowest BCUT2D eigenvalue weighted by atomic mass is 10.0. The number of hydrogen-bond acceptors (Lipinski definition) is 4. The van der Waals surface area contributed by atoms with E-state index in [4.69, 9.17) is 9.47 Å². The number of alkyl halides is 2. The highest BCUT2D eigenvalue weighted by molar-refractivity contribution is 5.89. The molecule has 0 aliphatic heterocycles. The van der Waals surface area contributed by atoms with Crippen molar-refractivity contribution in [1.29, 1.82) is 0 Å². The predicted molar refractivity (Wildman–Crippen MR) is 110 cm³/mol. The van der Waals surface area contributed by atoms with Gasteiger partial charge in [0, 0.05) is 17.4 Å². The van der Waals surface area contributed by atoms with Crippen molar-refractivity contribution in [2.24, 2.45) is 17.8 Å². The molecule has 1 heterocycles. The first kappa shape index (κ1) is 19.7. The molecule has 160 valence electrons. The molecule has 2 aliphatic carbocycles. The van der Waals surface area contributed by atoms with E-state index in [1.807, 2.05) is 54.6 Å². The van der Waals surface area contributed by atoms with E-state index in [9.17, 15) is 13.6 Å². The molecule has 2 atom stereocenters. The number of rotatable bonds is 6. The summed E-state index contributed by atoms with van der Waals surface area (Å²) in [5.41, 5.74) is 2.60. The number of fused-ring (bicyclic) bond motifs is 1. The molecule has 2 fully saturated rings. The zero-order valence-corrected chi connectivity index (χ0v) is 17.0. The summed E-state index contributed by atoms with van der Waals surface area (Å²) in [6.07, 6.45) is 0.834. The standard InChI is InChI=1S/C24H22F2N2O3/c1-30-18-9-7-16(8-10-18)22-13-21(27-28(22)17-5-3-2-4-6-17)23(29)31-14-15-11-19-20(12-15)24(19,25)26/h2-10,13,15,19-20H,11-12,14H2,1H3. The molecule has 5 nitrogen and oxygen atoms in total. The molecule has 5 rings (SSSR count). The van der Waals surface area contributed by atoms with Gasteiger partial charge in [-0.3, -0.25) is 0 Å². The Morgan fingerprint density at radius 1 is 1.10 bits per heavy atom. The average Bonchev–Trinajstić information content (AvgIpc) is 3.23. The lowest BCUT2D eigenvalue weighted by Crippen LogP contribution is -2.17. The third-order valence-corrected chi connectivity index (χ3v) is 6.30. The van der Waals surface area contributed by atoms with Gasteiger partial charge in [-0.25, -0.2) is 18.3 Å². The van der Waals surface area contributed by atoms with Crippen molar-refractivity contribution in [3.8, 4) is 22.7 Å². The maximum atomic E-state index is 13.4. The monoisotopic (exact) mass is 424 g/mol. The van der Waals surface area contributed by atoms with Gasteiger partial charge in [-0.1, -0.05) is 18.2 Å². The van der Waals surface area contributed by atoms with E-state index in [1.165, 1.54) is 0 Å². The topological polar surface area (TPSA) is 53.4 Å². The highest BCUT2D eigenvalue weighted by atomic mass is 19.3. The second-order valence-corrected chi connectivity index (χ2v) is 8.21. The molecular weight excluding hydrogens is 402 g/mol. The minimum absolute atomic E-state index is 0.00385. The largest absolute Gasteiger partial charge is 0.497 e. The number of carbonyl (C=O) groups excluding carboxylic acids is 1. The fourth-order valence-electron chi connectivity index (χ4n) is 4.54. The number of methoxy groups -OCH3 is 1. The van der Waals surface area contributed by atoms with Crippen LogP contribution in [0.25, 0.3) is 16.9 Å². The van der Waals surface area contributed by atoms with E-state index in [0.717, 1.165) is 22.7 Å². The van der Waals surface area contributed by atoms with Crippen LogP contribution in [0.15, 0.2) is 60.7 Å². The number of benzene rings is 2. The van der Waals surface area contributed by atoms with Gasteiger partial charge in [0.2, 0.25) is 0 Å². The van der Waals surface area contributed by atoms with Gasteiger partial charge < -0.3 is 9.47 Å². The van der Waals surface area contributed by atoms with Crippen LogP contribution >= 0.6 is 0 Å². The van der Waals surface area contributed by atoms with Crippen LogP contribution in [0.1, 0.15) is 23.3 Å². The number of ether oxygens (including phenoxy) is 2. The molecular formula is C24H22F2N2O3. The SMILES string of the molecule is COc1ccc(-c2cc(C(=O)OCC3CC4C(C3)C4(F)F)nn2-c2ccccc2)cc1. The van der Waals surface area contributed by atoms with Gasteiger partial charge in [0.15, 0.2) is 5.69 Å². The van der Waals surface area contributed by atoms with Crippen molar-refractivity contribution in [1.82, 2.24) is 9.78 Å². The Labute approximate surface area is 178 Å². The maximum absolute atomic E-state index is 13.4. The molecule has 31 heavy (non-hydrogen) atoms. The molecule has 1 aromatic heterocycles. The van der Waals surface area contributed by atoms with E-state index in [1.54, 1.807) is 17.9 Å². The smallest absolute Gasteiger partial charge is 0.358 e. The fourth-order valence-corrected chi connectivity index (χ4v) is 4.54. The van der Waals surface area contributed by atoms with Gasteiger partial charge in [0.25, 0.3) is 5.92 Å². The number of hydrogen-bond donors (Lipinski definition) is 0. The fraction of sp³-hybridized carbons (Fsp3) is 0.333. The van der Waals surface area contributed by atoms with Crippen LogP contribution in [0.2, 0.25) is 0 Å². The molecule has 0 N–H and O–H groups in total. The summed E-state index contributed by atoms with van der Waals surface area (Å²) in [6.45, 7) is 0.151. The highest BCUT2D eigenvalue weighted by Gasteiger charge is 2.71. The van der Waals surface area contributed by atoms with Crippen LogP contribution in [0.5, 0.6) is 5.75 Å². The third-order valence-electron chi connectivity index (χ3n) is 6.30. The second kappa shape index (κ2) is 7.48. The molecule has 0 amide bonds. The summed E-state index contributed by atoms with van der Waals surface area (Å²) in [5, 5.41) is 4.48. The molecule has 2 aliphatic rings. The van der Waals surface area contributed by atoms with Gasteiger partial charge >= 0.3 is 5.97 Å². The molecule has 2 aromatic carbocycles. The Bertz CT molecular complexity index is 1080. The summed E-state index contributed by atoms with van der Waals surface area (Å²) in [4.78, 5) is 12.7. The van der Waals surface area contributed by atoms with Crippen molar-refractivity contribution >= 4 is 5.97 Å². The minimum Gasteiger partial charge on any atom is -0.497 e. The Hall–Kier alpha value is -3.22. The Kier molecular flexibility index (Phi) is 4.76. The molecule has 7 heteroatoms. The summed E-state index contributed by atoms with van der Waals surface area (Å²) >= 11 is 0. The lowest BCUT2D eigenvalue weighted by Gasteiger charge is -2.13. The first-order valence-electron chi connectivity index (χ1n) is 10.3. The first-order valence-corrected chi connectivity index (χ1v) is 10.3. The first-order chi connectivity index (χ1) is 15.0. The number of para-hydroxylation sites is 1. The number of nitrogens with zero attached hydrogens (tertiary/aromatic N) is 2. The molecule has 0 bridgehead atoms. The molecule has 0 saturated heterocycles.